The lowest BCUT2D eigenvalue weighted by molar-refractivity contribution is 0.233. The second kappa shape index (κ2) is 5.83. The molecule has 1 atom stereocenters. The molecule has 1 unspecified atom stereocenters. The van der Waals surface area contributed by atoms with Gasteiger partial charge in [0.2, 0.25) is 0 Å². The third-order valence-electron chi connectivity index (χ3n) is 4.64. The number of ether oxygens (including phenoxy) is 1. The minimum atomic E-state index is 0.0252. The van der Waals surface area contributed by atoms with Crippen LogP contribution in [0.5, 0.6) is 5.75 Å². The van der Waals surface area contributed by atoms with Crippen molar-refractivity contribution in [3.63, 3.8) is 0 Å². The quantitative estimate of drug-likeness (QED) is 0.856. The van der Waals surface area contributed by atoms with Crippen molar-refractivity contribution in [2.75, 3.05) is 25.6 Å². The van der Waals surface area contributed by atoms with Crippen LogP contribution in [0.3, 0.4) is 0 Å². The minimum absolute atomic E-state index is 0.0252. The number of nitrogens with zero attached hydrogens (tertiary/aromatic N) is 1. The lowest BCUT2D eigenvalue weighted by Crippen LogP contribution is -2.51. The summed E-state index contributed by atoms with van der Waals surface area (Å²) in [4.78, 5) is 2.31. The Labute approximate surface area is 116 Å². The number of rotatable bonds is 6. The fourth-order valence-electron chi connectivity index (χ4n) is 2.81. The van der Waals surface area contributed by atoms with Gasteiger partial charge in [0.15, 0.2) is 0 Å². The zero-order chi connectivity index (χ0) is 13.9. The molecule has 1 aliphatic carbocycles. The summed E-state index contributed by atoms with van der Waals surface area (Å²) < 4.78 is 5.31. The normalized spacial score (nSPS) is 18.5. The van der Waals surface area contributed by atoms with Gasteiger partial charge in [0, 0.05) is 30.9 Å². The van der Waals surface area contributed by atoms with Crippen molar-refractivity contribution in [3.05, 3.63) is 24.3 Å². The first-order valence-electron chi connectivity index (χ1n) is 7.17. The number of likely N-dealkylation sites (N-methyl/N-ethyl adjacent to an activating group) is 1. The molecule has 1 aromatic rings. The van der Waals surface area contributed by atoms with Gasteiger partial charge in [-0.25, -0.2) is 0 Å². The van der Waals surface area contributed by atoms with E-state index in [1.54, 1.807) is 7.11 Å². The third-order valence-corrected chi connectivity index (χ3v) is 4.64. The molecule has 2 rings (SSSR count). The summed E-state index contributed by atoms with van der Waals surface area (Å²) in [6.07, 6.45) is 5.29. The van der Waals surface area contributed by atoms with E-state index in [1.165, 1.54) is 31.4 Å². The van der Waals surface area contributed by atoms with Gasteiger partial charge in [0.25, 0.3) is 0 Å². The molecule has 2 N–H and O–H groups in total. The molecule has 0 bridgehead atoms. The minimum Gasteiger partial charge on any atom is -0.497 e. The highest BCUT2D eigenvalue weighted by Crippen LogP contribution is 2.37. The van der Waals surface area contributed by atoms with Gasteiger partial charge in [-0.1, -0.05) is 25.3 Å². The Hall–Kier alpha value is -1.22. The SMILES string of the molecule is COc1cccc(N(C)C(C)(CN)CC2CCC2)c1. The fraction of sp³-hybridized carbons (Fsp3) is 0.625. The summed E-state index contributed by atoms with van der Waals surface area (Å²) in [7, 11) is 3.84. The molecule has 0 spiro atoms. The Bertz CT molecular complexity index is 417. The number of nitrogens with two attached hydrogens (primary N) is 1. The van der Waals surface area contributed by atoms with Crippen molar-refractivity contribution in [2.45, 2.75) is 38.1 Å². The van der Waals surface area contributed by atoms with Gasteiger partial charge < -0.3 is 15.4 Å². The highest BCUT2D eigenvalue weighted by atomic mass is 16.5. The highest BCUT2D eigenvalue weighted by Gasteiger charge is 2.33. The number of hydrogen-bond acceptors (Lipinski definition) is 3. The van der Waals surface area contributed by atoms with Crippen molar-refractivity contribution in [1.29, 1.82) is 0 Å². The smallest absolute Gasteiger partial charge is 0.120 e. The molecule has 0 aliphatic heterocycles. The molecule has 3 heteroatoms. The van der Waals surface area contributed by atoms with Crippen molar-refractivity contribution < 1.29 is 4.74 Å². The van der Waals surface area contributed by atoms with Crippen LogP contribution in [0, 0.1) is 5.92 Å². The van der Waals surface area contributed by atoms with Gasteiger partial charge in [-0.05, 0) is 31.4 Å². The van der Waals surface area contributed by atoms with Crippen molar-refractivity contribution >= 4 is 5.69 Å². The van der Waals surface area contributed by atoms with E-state index in [0.717, 1.165) is 11.7 Å². The first-order chi connectivity index (χ1) is 9.09. The standard InChI is InChI=1S/C16H26N2O/c1-16(12-17,11-13-6-4-7-13)18(2)14-8-5-9-15(10-14)19-3/h5,8-10,13H,4,6-7,11-12,17H2,1-3H3. The van der Waals surface area contributed by atoms with Gasteiger partial charge in [-0.15, -0.1) is 0 Å². The zero-order valence-corrected chi connectivity index (χ0v) is 12.4. The number of methoxy groups -OCH3 is 1. The van der Waals surface area contributed by atoms with E-state index in [9.17, 15) is 0 Å². The van der Waals surface area contributed by atoms with E-state index in [2.05, 4.69) is 31.0 Å². The Morgan fingerprint density at radius 2 is 2.16 bits per heavy atom. The summed E-state index contributed by atoms with van der Waals surface area (Å²) in [5, 5.41) is 0. The van der Waals surface area contributed by atoms with E-state index in [1.807, 2.05) is 12.1 Å². The summed E-state index contributed by atoms with van der Waals surface area (Å²) in [6.45, 7) is 2.95. The summed E-state index contributed by atoms with van der Waals surface area (Å²) in [5.74, 6) is 1.74. The summed E-state index contributed by atoms with van der Waals surface area (Å²) in [5.41, 5.74) is 7.27. The predicted molar refractivity (Wildman–Crippen MR) is 80.8 cm³/mol. The first kappa shape index (κ1) is 14.2. The van der Waals surface area contributed by atoms with E-state index in [4.69, 9.17) is 10.5 Å². The van der Waals surface area contributed by atoms with E-state index < -0.39 is 0 Å². The molecule has 19 heavy (non-hydrogen) atoms. The predicted octanol–water partition coefficient (Wildman–Crippen LogP) is 3.04. The van der Waals surface area contributed by atoms with Crippen LogP contribution in [0.15, 0.2) is 24.3 Å². The van der Waals surface area contributed by atoms with Crippen LogP contribution in [0.25, 0.3) is 0 Å². The third kappa shape index (κ3) is 3.03. The monoisotopic (exact) mass is 262 g/mol. The maximum absolute atomic E-state index is 6.07. The van der Waals surface area contributed by atoms with Crippen LogP contribution in [0.4, 0.5) is 5.69 Å². The van der Waals surface area contributed by atoms with E-state index in [0.29, 0.717) is 6.54 Å². The van der Waals surface area contributed by atoms with E-state index in [-0.39, 0.29) is 5.54 Å². The van der Waals surface area contributed by atoms with Gasteiger partial charge in [0.05, 0.1) is 7.11 Å². The summed E-state index contributed by atoms with van der Waals surface area (Å²) >= 11 is 0. The Morgan fingerprint density at radius 1 is 1.42 bits per heavy atom. The van der Waals surface area contributed by atoms with Crippen molar-refractivity contribution in [2.24, 2.45) is 11.7 Å². The van der Waals surface area contributed by atoms with E-state index >= 15 is 0 Å². The van der Waals surface area contributed by atoms with Gasteiger partial charge in [0.1, 0.15) is 5.75 Å². The molecule has 106 valence electrons. The van der Waals surface area contributed by atoms with Crippen LogP contribution in [0.2, 0.25) is 0 Å². The average molecular weight is 262 g/mol. The molecule has 1 aromatic carbocycles. The number of hydrogen-bond donors (Lipinski definition) is 1. The zero-order valence-electron chi connectivity index (χ0n) is 12.4. The van der Waals surface area contributed by atoms with Gasteiger partial charge in [-0.3, -0.25) is 0 Å². The lowest BCUT2D eigenvalue weighted by atomic mass is 9.76. The Morgan fingerprint density at radius 3 is 2.68 bits per heavy atom. The van der Waals surface area contributed by atoms with Crippen LogP contribution in [-0.2, 0) is 0 Å². The number of anilines is 1. The molecule has 0 amide bonds. The highest BCUT2D eigenvalue weighted by molar-refractivity contribution is 5.52. The maximum atomic E-state index is 6.07. The van der Waals surface area contributed by atoms with Crippen LogP contribution >= 0.6 is 0 Å². The molecular weight excluding hydrogens is 236 g/mol. The van der Waals surface area contributed by atoms with Crippen molar-refractivity contribution in [1.82, 2.24) is 0 Å². The fourth-order valence-corrected chi connectivity index (χ4v) is 2.81. The Kier molecular flexibility index (Phi) is 4.35. The topological polar surface area (TPSA) is 38.5 Å². The molecule has 0 radical (unpaired) electrons. The average Bonchev–Trinajstić information content (AvgIpc) is 2.42. The van der Waals surface area contributed by atoms with Crippen LogP contribution in [-0.4, -0.2) is 26.2 Å². The molecule has 3 nitrogen and oxygen atoms in total. The largest absolute Gasteiger partial charge is 0.497 e. The first-order valence-corrected chi connectivity index (χ1v) is 7.17. The second-order valence-electron chi connectivity index (χ2n) is 5.96. The lowest BCUT2D eigenvalue weighted by Gasteiger charge is -2.44. The molecular formula is C16H26N2O. The molecule has 1 fully saturated rings. The molecule has 1 aliphatic rings. The molecule has 0 aromatic heterocycles. The molecule has 1 saturated carbocycles. The van der Waals surface area contributed by atoms with Crippen LogP contribution < -0.4 is 15.4 Å². The van der Waals surface area contributed by atoms with Crippen LogP contribution in [0.1, 0.15) is 32.6 Å². The molecule has 0 heterocycles. The second-order valence-corrected chi connectivity index (χ2v) is 5.96. The number of benzene rings is 1. The van der Waals surface area contributed by atoms with Gasteiger partial charge in [-0.2, -0.15) is 0 Å². The van der Waals surface area contributed by atoms with Gasteiger partial charge >= 0.3 is 0 Å². The summed E-state index contributed by atoms with van der Waals surface area (Å²) in [6, 6.07) is 8.21. The molecule has 0 saturated heterocycles. The Balaban J connectivity index is 2.15. The maximum Gasteiger partial charge on any atom is 0.120 e. The van der Waals surface area contributed by atoms with Crippen molar-refractivity contribution in [3.8, 4) is 5.75 Å².